The van der Waals surface area contributed by atoms with Gasteiger partial charge in [-0.1, -0.05) is 0 Å². The van der Waals surface area contributed by atoms with Crippen LogP contribution >= 0.6 is 38.6 Å². The van der Waals surface area contributed by atoms with E-state index in [0.29, 0.717) is 9.77 Å². The van der Waals surface area contributed by atoms with Crippen LogP contribution in [0.2, 0.25) is 0 Å². The smallest absolute Gasteiger partial charge is 0.242 e. The van der Waals surface area contributed by atoms with Gasteiger partial charge in [-0.2, -0.15) is 0 Å². The maximum absolute atomic E-state index is 12.3. The third-order valence-electron chi connectivity index (χ3n) is 2.50. The predicted molar refractivity (Wildman–Crippen MR) is 83.0 cm³/mol. The Balaban J connectivity index is 2.20. The van der Waals surface area contributed by atoms with E-state index in [9.17, 15) is 8.42 Å². The molecule has 0 bridgehead atoms. The van der Waals surface area contributed by atoms with Gasteiger partial charge in [0, 0.05) is 32.7 Å². The Kier molecular flexibility index (Phi) is 4.80. The van der Waals surface area contributed by atoms with Crippen molar-refractivity contribution in [3.05, 3.63) is 36.6 Å². The van der Waals surface area contributed by atoms with Crippen molar-refractivity contribution in [3.63, 3.8) is 0 Å². The number of hydrogen-bond donors (Lipinski definition) is 2. The van der Waals surface area contributed by atoms with Gasteiger partial charge in [-0.15, -0.1) is 22.7 Å². The summed E-state index contributed by atoms with van der Waals surface area (Å²) < 4.78 is 28.2. The number of hydrogen-bond acceptors (Lipinski definition) is 5. The van der Waals surface area contributed by atoms with Gasteiger partial charge in [-0.05, 0) is 39.9 Å². The molecule has 0 fully saturated rings. The Morgan fingerprint density at radius 3 is 2.68 bits per heavy atom. The van der Waals surface area contributed by atoms with Gasteiger partial charge in [0.15, 0.2) is 0 Å². The van der Waals surface area contributed by atoms with Crippen LogP contribution in [0.25, 0.3) is 0 Å². The van der Waals surface area contributed by atoms with Crippen LogP contribution in [0.4, 0.5) is 0 Å². The second kappa shape index (κ2) is 6.02. The lowest BCUT2D eigenvalue weighted by Gasteiger charge is -2.07. The number of thiophene rings is 2. The molecule has 8 heteroatoms. The largest absolute Gasteiger partial charge is 0.326 e. The maximum atomic E-state index is 12.3. The number of halogens is 1. The van der Waals surface area contributed by atoms with Crippen molar-refractivity contribution in [2.24, 2.45) is 5.73 Å². The Labute approximate surface area is 128 Å². The highest BCUT2D eigenvalue weighted by Crippen LogP contribution is 2.27. The summed E-state index contributed by atoms with van der Waals surface area (Å²) in [6.07, 6.45) is 0. The minimum Gasteiger partial charge on any atom is -0.326 e. The number of rotatable bonds is 5. The molecule has 0 saturated carbocycles. The van der Waals surface area contributed by atoms with E-state index in [1.807, 2.05) is 16.8 Å². The Morgan fingerprint density at radius 2 is 2.11 bits per heavy atom. The normalized spacial score (nSPS) is 11.9. The first-order valence-electron chi connectivity index (χ1n) is 5.43. The molecule has 0 spiro atoms. The van der Waals surface area contributed by atoms with E-state index in [4.69, 9.17) is 5.73 Å². The van der Waals surface area contributed by atoms with Crippen molar-refractivity contribution in [1.82, 2.24) is 4.72 Å². The van der Waals surface area contributed by atoms with E-state index < -0.39 is 10.0 Å². The van der Waals surface area contributed by atoms with Gasteiger partial charge in [0.25, 0.3) is 0 Å². The van der Waals surface area contributed by atoms with E-state index in [-0.39, 0.29) is 13.1 Å². The van der Waals surface area contributed by atoms with Crippen LogP contribution in [-0.4, -0.2) is 8.42 Å². The van der Waals surface area contributed by atoms with Crippen LogP contribution in [0.5, 0.6) is 0 Å². The zero-order valence-electron chi connectivity index (χ0n) is 10.1. The maximum Gasteiger partial charge on any atom is 0.242 e. The zero-order valence-corrected chi connectivity index (χ0v) is 14.2. The van der Waals surface area contributed by atoms with Crippen LogP contribution in [0.3, 0.4) is 0 Å². The molecule has 0 aliphatic rings. The molecule has 0 aliphatic heterocycles. The second-order valence-electron chi connectivity index (χ2n) is 3.93. The van der Waals surface area contributed by atoms with Gasteiger partial charge in [-0.25, -0.2) is 13.1 Å². The summed E-state index contributed by atoms with van der Waals surface area (Å²) in [5.74, 6) is 0. The van der Waals surface area contributed by atoms with Crippen molar-refractivity contribution >= 4 is 48.6 Å². The van der Waals surface area contributed by atoms with Gasteiger partial charge in [0.2, 0.25) is 10.0 Å². The average molecular weight is 381 g/mol. The van der Waals surface area contributed by atoms with Gasteiger partial charge in [0.05, 0.1) is 0 Å². The molecule has 0 amide bonds. The van der Waals surface area contributed by atoms with Gasteiger partial charge >= 0.3 is 0 Å². The minimum absolute atomic E-state index is 0.235. The van der Waals surface area contributed by atoms with Gasteiger partial charge in [-0.3, -0.25) is 0 Å². The summed E-state index contributed by atoms with van der Waals surface area (Å²) in [6.45, 7) is 2.31. The van der Waals surface area contributed by atoms with Gasteiger partial charge < -0.3 is 5.73 Å². The molecule has 2 rings (SSSR count). The summed E-state index contributed by atoms with van der Waals surface area (Å²) in [4.78, 5) is 1.98. The molecular formula is C11H13BrN2O2S3. The number of nitrogens with one attached hydrogen (secondary N) is 1. The summed E-state index contributed by atoms with van der Waals surface area (Å²) >= 11 is 6.23. The van der Waals surface area contributed by atoms with Crippen molar-refractivity contribution in [1.29, 1.82) is 0 Å². The SMILES string of the molecule is Cc1csc(CN)c1S(=O)(=O)NCc1cc(Br)cs1. The average Bonchev–Trinajstić information content (AvgIpc) is 2.93. The summed E-state index contributed by atoms with van der Waals surface area (Å²) in [5, 5.41) is 3.74. The second-order valence-corrected chi connectivity index (χ2v) is 8.51. The van der Waals surface area contributed by atoms with E-state index in [0.717, 1.165) is 14.9 Å². The fourth-order valence-electron chi connectivity index (χ4n) is 1.67. The molecule has 2 aromatic rings. The molecule has 4 nitrogen and oxygen atoms in total. The molecule has 0 unspecified atom stereocenters. The molecule has 0 saturated heterocycles. The Hall–Kier alpha value is -0.250. The van der Waals surface area contributed by atoms with Gasteiger partial charge in [0.1, 0.15) is 4.90 Å². The molecule has 104 valence electrons. The first-order chi connectivity index (χ1) is 8.94. The molecule has 19 heavy (non-hydrogen) atoms. The highest BCUT2D eigenvalue weighted by Gasteiger charge is 2.22. The summed E-state index contributed by atoms with van der Waals surface area (Å²) in [5.41, 5.74) is 6.33. The topological polar surface area (TPSA) is 72.2 Å². The summed E-state index contributed by atoms with van der Waals surface area (Å²) in [7, 11) is -3.51. The third-order valence-corrected chi connectivity index (χ3v) is 7.09. The number of aryl methyl sites for hydroxylation is 1. The molecule has 0 radical (unpaired) electrons. The highest BCUT2D eigenvalue weighted by molar-refractivity contribution is 9.10. The third kappa shape index (κ3) is 3.45. The van der Waals surface area contributed by atoms with Crippen LogP contribution < -0.4 is 10.5 Å². The first kappa shape index (κ1) is 15.1. The Morgan fingerprint density at radius 1 is 1.37 bits per heavy atom. The van der Waals surface area contributed by atoms with E-state index >= 15 is 0 Å². The molecule has 0 aromatic carbocycles. The van der Waals surface area contributed by atoms with E-state index in [2.05, 4.69) is 20.7 Å². The lowest BCUT2D eigenvalue weighted by molar-refractivity contribution is 0.580. The first-order valence-corrected chi connectivity index (χ1v) is 9.47. The van der Waals surface area contributed by atoms with Crippen molar-refractivity contribution in [3.8, 4) is 0 Å². The van der Waals surface area contributed by atoms with E-state index in [1.54, 1.807) is 6.92 Å². The lowest BCUT2D eigenvalue weighted by Crippen LogP contribution is -2.24. The van der Waals surface area contributed by atoms with Crippen LogP contribution in [0.1, 0.15) is 15.3 Å². The Bertz CT molecular complexity index is 676. The van der Waals surface area contributed by atoms with Crippen LogP contribution in [0, 0.1) is 6.92 Å². The molecule has 3 N–H and O–H groups in total. The standard InChI is InChI=1S/C11H13BrN2O2S3/c1-7-5-18-10(3-13)11(7)19(15,16)14-4-9-2-8(12)6-17-9/h2,5-6,14H,3-4,13H2,1H3. The highest BCUT2D eigenvalue weighted by atomic mass is 79.9. The molecule has 0 atom stereocenters. The fraction of sp³-hybridized carbons (Fsp3) is 0.273. The van der Waals surface area contributed by atoms with Crippen molar-refractivity contribution in [2.45, 2.75) is 24.9 Å². The molecule has 2 heterocycles. The fourth-order valence-corrected chi connectivity index (χ4v) is 5.86. The quantitative estimate of drug-likeness (QED) is 0.837. The summed E-state index contributed by atoms with van der Waals surface area (Å²) in [6, 6.07) is 1.90. The van der Waals surface area contributed by atoms with Crippen molar-refractivity contribution < 1.29 is 8.42 Å². The lowest BCUT2D eigenvalue weighted by atomic mass is 10.3. The zero-order chi connectivity index (χ0) is 14.0. The number of sulfonamides is 1. The van der Waals surface area contributed by atoms with Crippen LogP contribution in [0.15, 0.2) is 26.2 Å². The molecular weight excluding hydrogens is 368 g/mol. The predicted octanol–water partition coefficient (Wildman–Crippen LogP) is 2.82. The minimum atomic E-state index is -3.51. The van der Waals surface area contributed by atoms with Crippen molar-refractivity contribution in [2.75, 3.05) is 0 Å². The molecule has 2 aromatic heterocycles. The monoisotopic (exact) mass is 380 g/mol. The number of nitrogens with two attached hydrogens (primary N) is 1. The van der Waals surface area contributed by atoms with Crippen LogP contribution in [-0.2, 0) is 23.1 Å². The molecule has 0 aliphatic carbocycles. The van der Waals surface area contributed by atoms with E-state index in [1.165, 1.54) is 22.7 Å².